The highest BCUT2D eigenvalue weighted by Gasteiger charge is 2.19. The van der Waals surface area contributed by atoms with Gasteiger partial charge in [-0.2, -0.15) is 0 Å². The first kappa shape index (κ1) is 12.5. The van der Waals surface area contributed by atoms with Gasteiger partial charge in [-0.25, -0.2) is 13.6 Å². The van der Waals surface area contributed by atoms with Gasteiger partial charge in [-0.3, -0.25) is 0 Å². The van der Waals surface area contributed by atoms with Crippen LogP contribution in [0.3, 0.4) is 0 Å². The Labute approximate surface area is 90.5 Å². The summed E-state index contributed by atoms with van der Waals surface area (Å²) in [6.07, 6.45) is -1.22. The Bertz CT molecular complexity index is 409. The molecule has 0 heterocycles. The normalized spacial score (nSPS) is 12.5. The fourth-order valence-corrected chi connectivity index (χ4v) is 1.29. The fraction of sp³-hybridized carbons (Fsp3) is 0.300. The summed E-state index contributed by atoms with van der Waals surface area (Å²) >= 11 is 0. The van der Waals surface area contributed by atoms with E-state index < -0.39 is 29.3 Å². The van der Waals surface area contributed by atoms with E-state index in [2.05, 4.69) is 5.32 Å². The molecule has 6 heteroatoms. The Hall–Kier alpha value is -1.53. The van der Waals surface area contributed by atoms with Crippen molar-refractivity contribution in [1.82, 2.24) is 5.32 Å². The topological polar surface area (TPSA) is 69.6 Å². The van der Waals surface area contributed by atoms with Gasteiger partial charge in [0.15, 0.2) is 0 Å². The molecular weight excluding hydrogens is 220 g/mol. The second-order valence-electron chi connectivity index (χ2n) is 3.23. The molecular formula is C10H11F2NO3. The largest absolute Gasteiger partial charge is 0.478 e. The molecule has 3 N–H and O–H groups in total. The van der Waals surface area contributed by atoms with Crippen molar-refractivity contribution in [3.63, 3.8) is 0 Å². The Morgan fingerprint density at radius 3 is 2.56 bits per heavy atom. The van der Waals surface area contributed by atoms with Gasteiger partial charge >= 0.3 is 5.97 Å². The van der Waals surface area contributed by atoms with E-state index in [4.69, 9.17) is 5.11 Å². The van der Waals surface area contributed by atoms with Gasteiger partial charge in [0.2, 0.25) is 0 Å². The van der Waals surface area contributed by atoms with Crippen LogP contribution >= 0.6 is 0 Å². The van der Waals surface area contributed by atoms with Crippen LogP contribution in [0.1, 0.15) is 22.0 Å². The smallest absolute Gasteiger partial charge is 0.338 e. The van der Waals surface area contributed by atoms with Gasteiger partial charge in [0, 0.05) is 18.2 Å². The van der Waals surface area contributed by atoms with E-state index in [-0.39, 0.29) is 12.1 Å². The van der Waals surface area contributed by atoms with Crippen LogP contribution in [-0.4, -0.2) is 29.8 Å². The molecule has 1 atom stereocenters. The zero-order valence-corrected chi connectivity index (χ0v) is 8.50. The molecule has 0 aliphatic heterocycles. The van der Waals surface area contributed by atoms with Gasteiger partial charge in [0.05, 0.1) is 11.7 Å². The minimum absolute atomic E-state index is 0.0433. The van der Waals surface area contributed by atoms with Crippen molar-refractivity contribution in [1.29, 1.82) is 0 Å². The number of aliphatic hydroxyl groups excluding tert-OH is 1. The molecule has 16 heavy (non-hydrogen) atoms. The molecule has 1 unspecified atom stereocenters. The number of nitrogens with one attached hydrogen (secondary N) is 1. The molecule has 0 spiro atoms. The first-order valence-electron chi connectivity index (χ1n) is 4.52. The van der Waals surface area contributed by atoms with Crippen molar-refractivity contribution in [2.45, 2.75) is 6.10 Å². The molecule has 1 aromatic carbocycles. The minimum atomic E-state index is -1.50. The van der Waals surface area contributed by atoms with E-state index >= 15 is 0 Å². The lowest BCUT2D eigenvalue weighted by molar-refractivity contribution is 0.0691. The third-order valence-corrected chi connectivity index (χ3v) is 2.07. The summed E-state index contributed by atoms with van der Waals surface area (Å²) in [7, 11) is 1.54. The summed E-state index contributed by atoms with van der Waals surface area (Å²) in [6.45, 7) is 0.0433. The summed E-state index contributed by atoms with van der Waals surface area (Å²) in [6, 6.07) is 1.26. The average Bonchev–Trinajstić information content (AvgIpc) is 2.17. The van der Waals surface area contributed by atoms with Crippen LogP contribution in [0.15, 0.2) is 12.1 Å². The Kier molecular flexibility index (Phi) is 3.92. The zero-order chi connectivity index (χ0) is 12.3. The van der Waals surface area contributed by atoms with Crippen molar-refractivity contribution >= 4 is 5.97 Å². The maximum atomic E-state index is 13.2. The van der Waals surface area contributed by atoms with Crippen molar-refractivity contribution in [3.8, 4) is 0 Å². The Morgan fingerprint density at radius 2 is 2.06 bits per heavy atom. The SMILES string of the molecule is CNCC(O)c1cc(C(=O)O)c(F)cc1F. The number of hydrogen-bond acceptors (Lipinski definition) is 3. The van der Waals surface area contributed by atoms with Crippen LogP contribution in [0.5, 0.6) is 0 Å². The van der Waals surface area contributed by atoms with Crippen LogP contribution in [-0.2, 0) is 0 Å². The summed E-state index contributed by atoms with van der Waals surface area (Å²) < 4.78 is 26.3. The monoisotopic (exact) mass is 231 g/mol. The number of aliphatic hydroxyl groups is 1. The molecule has 0 radical (unpaired) electrons. The summed E-state index contributed by atoms with van der Waals surface area (Å²) in [5.74, 6) is -3.63. The quantitative estimate of drug-likeness (QED) is 0.720. The molecule has 0 aromatic heterocycles. The van der Waals surface area contributed by atoms with Crippen molar-refractivity contribution < 1.29 is 23.8 Å². The predicted octanol–water partition coefficient (Wildman–Crippen LogP) is 0.916. The second-order valence-corrected chi connectivity index (χ2v) is 3.23. The van der Waals surface area contributed by atoms with E-state index in [9.17, 15) is 18.7 Å². The predicted molar refractivity (Wildman–Crippen MR) is 52.2 cm³/mol. The molecule has 0 fully saturated rings. The highest BCUT2D eigenvalue weighted by Crippen LogP contribution is 2.20. The van der Waals surface area contributed by atoms with E-state index in [1.165, 1.54) is 0 Å². The molecule has 88 valence electrons. The van der Waals surface area contributed by atoms with Crippen LogP contribution in [0.2, 0.25) is 0 Å². The second kappa shape index (κ2) is 5.00. The van der Waals surface area contributed by atoms with Crippen LogP contribution < -0.4 is 5.32 Å². The summed E-state index contributed by atoms with van der Waals surface area (Å²) in [4.78, 5) is 10.6. The molecule has 1 rings (SSSR count). The molecule has 0 saturated heterocycles. The first-order chi connectivity index (χ1) is 7.47. The maximum Gasteiger partial charge on any atom is 0.338 e. The Morgan fingerprint density at radius 1 is 1.44 bits per heavy atom. The number of carbonyl (C=O) groups is 1. The lowest BCUT2D eigenvalue weighted by Crippen LogP contribution is -2.18. The number of carboxylic acid groups (broad SMARTS) is 1. The van der Waals surface area contributed by atoms with E-state index in [0.29, 0.717) is 6.07 Å². The van der Waals surface area contributed by atoms with Crippen LogP contribution in [0, 0.1) is 11.6 Å². The van der Waals surface area contributed by atoms with Gasteiger partial charge < -0.3 is 15.5 Å². The average molecular weight is 231 g/mol. The molecule has 4 nitrogen and oxygen atoms in total. The number of carboxylic acids is 1. The molecule has 0 aliphatic carbocycles. The minimum Gasteiger partial charge on any atom is -0.478 e. The van der Waals surface area contributed by atoms with Crippen molar-refractivity contribution in [2.24, 2.45) is 0 Å². The highest BCUT2D eigenvalue weighted by atomic mass is 19.1. The standard InChI is InChI=1S/C10H11F2NO3/c1-13-4-9(14)5-2-6(10(15)16)8(12)3-7(5)11/h2-3,9,13-14H,4H2,1H3,(H,15,16). The Balaban J connectivity index is 3.19. The highest BCUT2D eigenvalue weighted by molar-refractivity contribution is 5.88. The van der Waals surface area contributed by atoms with Crippen molar-refractivity contribution in [2.75, 3.05) is 13.6 Å². The number of aromatic carboxylic acids is 1. The molecule has 0 aliphatic rings. The molecule has 0 saturated carbocycles. The van der Waals surface area contributed by atoms with E-state index in [1.807, 2.05) is 0 Å². The third-order valence-electron chi connectivity index (χ3n) is 2.07. The number of likely N-dealkylation sites (N-methyl/N-ethyl adjacent to an activating group) is 1. The third kappa shape index (κ3) is 2.53. The van der Waals surface area contributed by atoms with Gasteiger partial charge in [-0.15, -0.1) is 0 Å². The molecule has 0 bridgehead atoms. The van der Waals surface area contributed by atoms with E-state index in [0.717, 1.165) is 6.07 Å². The lowest BCUT2D eigenvalue weighted by atomic mass is 10.0. The molecule has 0 amide bonds. The number of hydrogen-bond donors (Lipinski definition) is 3. The van der Waals surface area contributed by atoms with Crippen LogP contribution in [0.4, 0.5) is 8.78 Å². The number of rotatable bonds is 4. The van der Waals surface area contributed by atoms with E-state index in [1.54, 1.807) is 7.05 Å². The van der Waals surface area contributed by atoms with Crippen molar-refractivity contribution in [3.05, 3.63) is 34.9 Å². The van der Waals surface area contributed by atoms with Gasteiger partial charge in [0.25, 0.3) is 0 Å². The van der Waals surface area contributed by atoms with Gasteiger partial charge in [-0.05, 0) is 13.1 Å². The lowest BCUT2D eigenvalue weighted by Gasteiger charge is -2.12. The fourth-order valence-electron chi connectivity index (χ4n) is 1.29. The summed E-state index contributed by atoms with van der Waals surface area (Å²) in [5, 5.41) is 20.7. The number of halogens is 2. The zero-order valence-electron chi connectivity index (χ0n) is 8.50. The van der Waals surface area contributed by atoms with Gasteiger partial charge in [-0.1, -0.05) is 0 Å². The van der Waals surface area contributed by atoms with Gasteiger partial charge in [0.1, 0.15) is 11.6 Å². The number of benzene rings is 1. The van der Waals surface area contributed by atoms with Crippen LogP contribution in [0.25, 0.3) is 0 Å². The summed E-state index contributed by atoms with van der Waals surface area (Å²) in [5.41, 5.74) is -0.903. The first-order valence-corrected chi connectivity index (χ1v) is 4.52. The maximum absolute atomic E-state index is 13.2. The molecule has 1 aromatic rings.